The number of carbonyl (C=O) groups is 3. The molecule has 0 saturated heterocycles. The highest BCUT2D eigenvalue weighted by Crippen LogP contribution is 2.18. The molecule has 0 radical (unpaired) electrons. The van der Waals surface area contributed by atoms with Crippen LogP contribution in [-0.4, -0.2) is 68.4 Å². The van der Waals surface area contributed by atoms with Crippen LogP contribution in [0.15, 0.2) is 0 Å². The molecule has 0 aliphatic rings. The second-order valence-electron chi connectivity index (χ2n) is 12.2. The number of aliphatic carboxylic acids is 3. The highest BCUT2D eigenvalue weighted by molar-refractivity contribution is 5.67. The van der Waals surface area contributed by atoms with Crippen LogP contribution < -0.4 is 0 Å². The van der Waals surface area contributed by atoms with Crippen molar-refractivity contribution in [3.63, 3.8) is 0 Å². The summed E-state index contributed by atoms with van der Waals surface area (Å²) >= 11 is 0. The van der Waals surface area contributed by atoms with Crippen LogP contribution in [0.1, 0.15) is 181 Å². The molecule has 0 aromatic carbocycles. The first-order valence-electron chi connectivity index (χ1n) is 17.6. The molecule has 0 spiro atoms. The van der Waals surface area contributed by atoms with Crippen molar-refractivity contribution in [1.82, 2.24) is 0 Å². The summed E-state index contributed by atoms with van der Waals surface area (Å²) in [6.07, 6.45) is 28.8. The SMILES string of the molecule is CCC(CO)(CO)CO.CCCCCCCCCCCCCCCCCCCCCC(=O)O.O=C(O)CCCCCC(=O)O. The minimum Gasteiger partial charge on any atom is -0.481 e. The minimum absolute atomic E-state index is 0.139. The molecule has 0 amide bonds. The van der Waals surface area contributed by atoms with E-state index >= 15 is 0 Å². The molecule has 9 nitrogen and oxygen atoms in total. The van der Waals surface area contributed by atoms with Crippen LogP contribution in [0.4, 0.5) is 0 Å². The topological polar surface area (TPSA) is 173 Å². The summed E-state index contributed by atoms with van der Waals surface area (Å²) in [6.45, 7) is 3.64. The van der Waals surface area contributed by atoms with E-state index in [0.717, 1.165) is 12.8 Å². The van der Waals surface area contributed by atoms with Crippen LogP contribution in [0.3, 0.4) is 0 Å². The summed E-state index contributed by atoms with van der Waals surface area (Å²) in [4.78, 5) is 30.3. The summed E-state index contributed by atoms with van der Waals surface area (Å²) < 4.78 is 0. The molecule has 0 unspecified atom stereocenters. The third-order valence-corrected chi connectivity index (χ3v) is 8.03. The highest BCUT2D eigenvalue weighted by Gasteiger charge is 2.24. The van der Waals surface area contributed by atoms with Gasteiger partial charge in [0.25, 0.3) is 0 Å². The predicted molar refractivity (Wildman–Crippen MR) is 178 cm³/mol. The van der Waals surface area contributed by atoms with Crippen LogP contribution in [0.2, 0.25) is 0 Å². The lowest BCUT2D eigenvalue weighted by Gasteiger charge is -2.24. The van der Waals surface area contributed by atoms with Crippen LogP contribution in [-0.2, 0) is 14.4 Å². The third kappa shape index (κ3) is 40.3. The number of aliphatic hydroxyl groups excluding tert-OH is 3. The summed E-state index contributed by atoms with van der Waals surface area (Å²) in [7, 11) is 0. The maximum absolute atomic E-state index is 10.4. The number of rotatable bonds is 30. The van der Waals surface area contributed by atoms with E-state index in [2.05, 4.69) is 6.92 Å². The van der Waals surface area contributed by atoms with E-state index < -0.39 is 23.3 Å². The van der Waals surface area contributed by atoms with Crippen molar-refractivity contribution in [2.24, 2.45) is 5.41 Å². The first-order chi connectivity index (χ1) is 21.1. The van der Waals surface area contributed by atoms with Gasteiger partial charge in [-0.05, 0) is 25.7 Å². The van der Waals surface area contributed by atoms with Gasteiger partial charge in [0.2, 0.25) is 0 Å². The van der Waals surface area contributed by atoms with E-state index in [1.807, 2.05) is 6.92 Å². The van der Waals surface area contributed by atoms with Crippen LogP contribution in [0.25, 0.3) is 0 Å². The van der Waals surface area contributed by atoms with E-state index in [1.54, 1.807) is 0 Å². The average molecular weight is 635 g/mol. The van der Waals surface area contributed by atoms with E-state index in [1.165, 1.54) is 109 Å². The van der Waals surface area contributed by atoms with Gasteiger partial charge in [-0.25, -0.2) is 0 Å². The number of carboxylic acids is 3. The lowest BCUT2D eigenvalue weighted by molar-refractivity contribution is -0.138. The second-order valence-corrected chi connectivity index (χ2v) is 12.2. The first kappa shape index (κ1) is 46.7. The van der Waals surface area contributed by atoms with Gasteiger partial charge in [-0.1, -0.05) is 136 Å². The van der Waals surface area contributed by atoms with Gasteiger partial charge < -0.3 is 30.6 Å². The molecule has 0 rings (SSSR count). The standard InChI is InChI=1S/C22H44O2.C7H12O4.C6H14O3/c1-2-3-4-5-6-7-8-9-10-11-12-13-14-15-16-17-18-19-20-21-22(23)24;8-6(9)4-2-1-3-5-7(10)11;1-2-6(3-7,4-8)5-9/h2-21H2,1H3,(H,23,24);1-5H2,(H,8,9)(H,10,11);7-9H,2-5H2,1H3. The average Bonchev–Trinajstić information content (AvgIpc) is 3.00. The van der Waals surface area contributed by atoms with Crippen molar-refractivity contribution >= 4 is 17.9 Å². The smallest absolute Gasteiger partial charge is 0.303 e. The number of aliphatic hydroxyl groups is 3. The summed E-state index contributed by atoms with van der Waals surface area (Å²) in [6, 6.07) is 0. The molecule has 0 fully saturated rings. The van der Waals surface area contributed by atoms with Crippen molar-refractivity contribution in [3.8, 4) is 0 Å². The summed E-state index contributed by atoms with van der Waals surface area (Å²) in [5.74, 6) is -2.29. The fourth-order valence-electron chi connectivity index (χ4n) is 4.57. The maximum Gasteiger partial charge on any atom is 0.303 e. The molecule has 0 bridgehead atoms. The highest BCUT2D eigenvalue weighted by atomic mass is 16.4. The van der Waals surface area contributed by atoms with E-state index in [4.69, 9.17) is 30.6 Å². The first-order valence-corrected chi connectivity index (χ1v) is 17.6. The van der Waals surface area contributed by atoms with Crippen molar-refractivity contribution in [2.45, 2.75) is 181 Å². The Kier molecular flexibility index (Phi) is 39.8. The Morgan fingerprint density at radius 3 is 0.750 bits per heavy atom. The second kappa shape index (κ2) is 37.5. The van der Waals surface area contributed by atoms with E-state index in [-0.39, 0.29) is 32.7 Å². The molecule has 0 aliphatic carbocycles. The Balaban J connectivity index is -0.000000689. The molecular weight excluding hydrogens is 564 g/mol. The van der Waals surface area contributed by atoms with Gasteiger partial charge in [0.05, 0.1) is 19.8 Å². The Morgan fingerprint density at radius 2 is 0.591 bits per heavy atom. The molecule has 0 saturated carbocycles. The largest absolute Gasteiger partial charge is 0.481 e. The quantitative estimate of drug-likeness (QED) is 0.0424. The number of hydrogen-bond acceptors (Lipinski definition) is 6. The number of hydrogen-bond donors (Lipinski definition) is 6. The minimum atomic E-state index is -0.819. The molecule has 0 heterocycles. The van der Waals surface area contributed by atoms with Crippen molar-refractivity contribution in [1.29, 1.82) is 0 Å². The number of carboxylic acid groups (broad SMARTS) is 3. The molecule has 0 aliphatic heterocycles. The fraction of sp³-hybridized carbons (Fsp3) is 0.914. The summed E-state index contributed by atoms with van der Waals surface area (Å²) in [5.41, 5.74) is -0.667. The Hall–Kier alpha value is -1.71. The molecule has 0 aromatic rings. The van der Waals surface area contributed by atoms with Gasteiger partial charge in [0.1, 0.15) is 0 Å². The molecule has 44 heavy (non-hydrogen) atoms. The lowest BCUT2D eigenvalue weighted by Crippen LogP contribution is -2.32. The van der Waals surface area contributed by atoms with Gasteiger partial charge in [-0.2, -0.15) is 0 Å². The molecule has 0 aromatic heterocycles. The van der Waals surface area contributed by atoms with E-state index in [0.29, 0.717) is 32.1 Å². The normalized spacial score (nSPS) is 10.8. The Bertz CT molecular complexity index is 588. The lowest BCUT2D eigenvalue weighted by atomic mass is 9.88. The van der Waals surface area contributed by atoms with Gasteiger partial charge in [0, 0.05) is 24.7 Å². The zero-order chi connectivity index (χ0) is 33.7. The third-order valence-electron chi connectivity index (χ3n) is 8.03. The molecular formula is C35H70O9. The zero-order valence-corrected chi connectivity index (χ0v) is 28.4. The molecule has 264 valence electrons. The molecule has 9 heteroatoms. The fourth-order valence-corrected chi connectivity index (χ4v) is 4.57. The Morgan fingerprint density at radius 1 is 0.386 bits per heavy atom. The van der Waals surface area contributed by atoms with Crippen molar-refractivity contribution in [2.75, 3.05) is 19.8 Å². The number of unbranched alkanes of at least 4 members (excludes halogenated alkanes) is 20. The molecule has 6 N–H and O–H groups in total. The van der Waals surface area contributed by atoms with Crippen molar-refractivity contribution < 1.29 is 45.0 Å². The van der Waals surface area contributed by atoms with Crippen LogP contribution >= 0.6 is 0 Å². The molecule has 0 atom stereocenters. The zero-order valence-electron chi connectivity index (χ0n) is 28.4. The monoisotopic (exact) mass is 635 g/mol. The summed E-state index contributed by atoms with van der Waals surface area (Å²) in [5, 5.41) is 50.9. The predicted octanol–water partition coefficient (Wildman–Crippen LogP) is 8.36. The van der Waals surface area contributed by atoms with Gasteiger partial charge >= 0.3 is 17.9 Å². The van der Waals surface area contributed by atoms with Crippen molar-refractivity contribution in [3.05, 3.63) is 0 Å². The van der Waals surface area contributed by atoms with Gasteiger partial charge in [0.15, 0.2) is 0 Å². The maximum atomic E-state index is 10.4. The van der Waals surface area contributed by atoms with E-state index in [9.17, 15) is 14.4 Å². The van der Waals surface area contributed by atoms with Gasteiger partial charge in [-0.3, -0.25) is 14.4 Å². The van der Waals surface area contributed by atoms with Crippen LogP contribution in [0, 0.1) is 5.41 Å². The van der Waals surface area contributed by atoms with Crippen LogP contribution in [0.5, 0.6) is 0 Å². The Labute approximate surface area is 268 Å². The van der Waals surface area contributed by atoms with Gasteiger partial charge in [-0.15, -0.1) is 0 Å².